The number of halogens is 1. The molecule has 27 heavy (non-hydrogen) atoms. The van der Waals surface area contributed by atoms with Crippen LogP contribution in [-0.4, -0.2) is 30.1 Å². The maximum absolute atomic E-state index is 12.4. The van der Waals surface area contributed by atoms with E-state index in [4.69, 9.17) is 25.8 Å². The van der Waals surface area contributed by atoms with Gasteiger partial charge in [0.2, 0.25) is 6.10 Å². The molecule has 1 atom stereocenters. The predicted molar refractivity (Wildman–Crippen MR) is 98.8 cm³/mol. The van der Waals surface area contributed by atoms with Crippen LogP contribution in [0, 0.1) is 0 Å². The number of hydrazine groups is 1. The zero-order valence-corrected chi connectivity index (χ0v) is 15.6. The molecule has 8 heteroatoms. The summed E-state index contributed by atoms with van der Waals surface area (Å²) in [5, 5.41) is 0.563. The maximum atomic E-state index is 12.4. The highest BCUT2D eigenvalue weighted by atomic mass is 35.5. The van der Waals surface area contributed by atoms with Gasteiger partial charge in [0.05, 0.1) is 0 Å². The molecule has 0 aliphatic carbocycles. The van der Waals surface area contributed by atoms with Crippen molar-refractivity contribution in [3.05, 3.63) is 53.6 Å². The number of amides is 2. The number of hydrogen-bond donors (Lipinski definition) is 2. The minimum atomic E-state index is -1.22. The Kier molecular flexibility index (Phi) is 5.41. The third kappa shape index (κ3) is 4.62. The normalized spacial score (nSPS) is 15.6. The number of benzene rings is 2. The number of hydrogen-bond acceptors (Lipinski definition) is 5. The highest BCUT2D eigenvalue weighted by Gasteiger charge is 2.32. The predicted octanol–water partition coefficient (Wildman–Crippen LogP) is 2.48. The Morgan fingerprint density at radius 1 is 1.07 bits per heavy atom. The standard InChI is InChI=1S/C19H19ClN2O5/c1-19(2,27-13-9-7-12(20)8-10-13)18(24)22-21-17(23)16-11-25-14-5-3-4-6-15(14)26-16/h3-10,16H,11H2,1-2H3,(H,21,23)(H,22,24). The molecule has 1 heterocycles. The van der Waals surface area contributed by atoms with Crippen LogP contribution in [0.4, 0.5) is 0 Å². The van der Waals surface area contributed by atoms with E-state index in [9.17, 15) is 9.59 Å². The molecule has 2 amide bonds. The van der Waals surface area contributed by atoms with Crippen molar-refractivity contribution in [2.75, 3.05) is 6.61 Å². The third-order valence-corrected chi connectivity index (χ3v) is 4.09. The first kappa shape index (κ1) is 18.8. The summed E-state index contributed by atoms with van der Waals surface area (Å²) in [7, 11) is 0. The number of carbonyl (C=O) groups excluding carboxylic acids is 2. The van der Waals surface area contributed by atoms with Gasteiger partial charge in [0.15, 0.2) is 17.1 Å². The monoisotopic (exact) mass is 390 g/mol. The first-order valence-corrected chi connectivity index (χ1v) is 8.66. The molecule has 1 unspecified atom stereocenters. The summed E-state index contributed by atoms with van der Waals surface area (Å²) in [5.41, 5.74) is 3.47. The molecule has 1 aliphatic heterocycles. The van der Waals surface area contributed by atoms with Crippen LogP contribution in [0.5, 0.6) is 17.2 Å². The van der Waals surface area contributed by atoms with Crippen LogP contribution in [0.15, 0.2) is 48.5 Å². The maximum Gasteiger partial charge on any atom is 0.283 e. The van der Waals surface area contributed by atoms with E-state index in [0.29, 0.717) is 22.3 Å². The summed E-state index contributed by atoms with van der Waals surface area (Å²) in [6.07, 6.45) is -0.875. The van der Waals surface area contributed by atoms with Crippen molar-refractivity contribution in [2.24, 2.45) is 0 Å². The number of fused-ring (bicyclic) bond motifs is 1. The Bertz CT molecular complexity index is 838. The summed E-state index contributed by atoms with van der Waals surface area (Å²) in [6, 6.07) is 13.7. The van der Waals surface area contributed by atoms with Gasteiger partial charge in [0.25, 0.3) is 11.8 Å². The van der Waals surface area contributed by atoms with Gasteiger partial charge in [-0.2, -0.15) is 0 Å². The Hall–Kier alpha value is -2.93. The van der Waals surface area contributed by atoms with Crippen LogP contribution in [0.3, 0.4) is 0 Å². The first-order valence-electron chi connectivity index (χ1n) is 8.28. The molecule has 0 fully saturated rings. The number of para-hydroxylation sites is 2. The summed E-state index contributed by atoms with van der Waals surface area (Å²) in [6.45, 7) is 3.21. The van der Waals surface area contributed by atoms with Crippen molar-refractivity contribution >= 4 is 23.4 Å². The van der Waals surface area contributed by atoms with E-state index in [2.05, 4.69) is 10.9 Å². The topological polar surface area (TPSA) is 85.9 Å². The Morgan fingerprint density at radius 3 is 2.44 bits per heavy atom. The molecule has 3 rings (SSSR count). The summed E-state index contributed by atoms with van der Waals surface area (Å²) in [4.78, 5) is 24.6. The van der Waals surface area contributed by atoms with Crippen molar-refractivity contribution in [1.82, 2.24) is 10.9 Å². The molecule has 2 aromatic rings. The van der Waals surface area contributed by atoms with Gasteiger partial charge < -0.3 is 14.2 Å². The number of carbonyl (C=O) groups is 2. The average Bonchev–Trinajstić information content (AvgIpc) is 2.67. The van der Waals surface area contributed by atoms with Crippen LogP contribution < -0.4 is 25.1 Å². The molecule has 2 aromatic carbocycles. The number of ether oxygens (including phenoxy) is 3. The van der Waals surface area contributed by atoms with Crippen molar-refractivity contribution in [3.8, 4) is 17.2 Å². The van der Waals surface area contributed by atoms with E-state index in [1.807, 2.05) is 6.07 Å². The summed E-state index contributed by atoms with van der Waals surface area (Å²) < 4.78 is 16.7. The average molecular weight is 391 g/mol. The molecule has 7 nitrogen and oxygen atoms in total. The van der Waals surface area contributed by atoms with Crippen molar-refractivity contribution < 1.29 is 23.8 Å². The van der Waals surface area contributed by atoms with Crippen molar-refractivity contribution in [3.63, 3.8) is 0 Å². The van der Waals surface area contributed by atoms with Gasteiger partial charge in [0, 0.05) is 5.02 Å². The number of rotatable bonds is 4. The van der Waals surface area contributed by atoms with E-state index in [0.717, 1.165) is 0 Å². The lowest BCUT2D eigenvalue weighted by Crippen LogP contribution is -2.56. The third-order valence-electron chi connectivity index (χ3n) is 3.83. The van der Waals surface area contributed by atoms with Gasteiger partial charge in [0.1, 0.15) is 12.4 Å². The van der Waals surface area contributed by atoms with Crippen LogP contribution in [0.2, 0.25) is 5.02 Å². The lowest BCUT2D eigenvalue weighted by atomic mass is 10.1. The molecular formula is C19H19ClN2O5. The van der Waals surface area contributed by atoms with Gasteiger partial charge in [-0.15, -0.1) is 0 Å². The molecule has 0 saturated carbocycles. The Morgan fingerprint density at radius 2 is 1.74 bits per heavy atom. The van der Waals surface area contributed by atoms with Crippen molar-refractivity contribution in [2.45, 2.75) is 25.6 Å². The summed E-state index contributed by atoms with van der Waals surface area (Å²) >= 11 is 5.83. The van der Waals surface area contributed by atoms with Crippen LogP contribution in [0.25, 0.3) is 0 Å². The molecule has 1 aliphatic rings. The zero-order valence-electron chi connectivity index (χ0n) is 14.8. The van der Waals surface area contributed by atoms with E-state index < -0.39 is 23.5 Å². The molecule has 2 N–H and O–H groups in total. The minimum absolute atomic E-state index is 0.0450. The van der Waals surface area contributed by atoms with Gasteiger partial charge in [-0.25, -0.2) is 0 Å². The van der Waals surface area contributed by atoms with Gasteiger partial charge in [-0.05, 0) is 50.2 Å². The highest BCUT2D eigenvalue weighted by Crippen LogP contribution is 2.30. The zero-order chi connectivity index (χ0) is 19.4. The minimum Gasteiger partial charge on any atom is -0.485 e. The second kappa shape index (κ2) is 7.75. The first-order chi connectivity index (χ1) is 12.8. The Balaban J connectivity index is 1.53. The molecule has 0 aromatic heterocycles. The van der Waals surface area contributed by atoms with Crippen LogP contribution in [-0.2, 0) is 9.59 Å². The highest BCUT2D eigenvalue weighted by molar-refractivity contribution is 6.30. The van der Waals surface area contributed by atoms with E-state index in [1.165, 1.54) is 0 Å². The molecule has 0 spiro atoms. The fourth-order valence-electron chi connectivity index (χ4n) is 2.34. The molecule has 0 saturated heterocycles. The fraction of sp³-hybridized carbons (Fsp3) is 0.263. The second-order valence-electron chi connectivity index (χ2n) is 6.37. The van der Waals surface area contributed by atoms with E-state index in [1.54, 1.807) is 56.3 Å². The van der Waals surface area contributed by atoms with E-state index >= 15 is 0 Å². The SMILES string of the molecule is CC(C)(Oc1ccc(Cl)cc1)C(=O)NNC(=O)C1COc2ccccc2O1. The Labute approximate surface area is 161 Å². The fourth-order valence-corrected chi connectivity index (χ4v) is 2.47. The van der Waals surface area contributed by atoms with Crippen LogP contribution >= 0.6 is 11.6 Å². The van der Waals surface area contributed by atoms with Gasteiger partial charge in [-0.1, -0.05) is 23.7 Å². The largest absolute Gasteiger partial charge is 0.485 e. The molecule has 142 valence electrons. The molecular weight excluding hydrogens is 372 g/mol. The number of nitrogens with one attached hydrogen (secondary N) is 2. The molecule has 0 bridgehead atoms. The summed E-state index contributed by atoms with van der Waals surface area (Å²) in [5.74, 6) is 0.472. The lowest BCUT2D eigenvalue weighted by molar-refractivity contribution is -0.140. The quantitative estimate of drug-likeness (QED) is 0.783. The second-order valence-corrected chi connectivity index (χ2v) is 6.81. The molecule has 0 radical (unpaired) electrons. The van der Waals surface area contributed by atoms with Gasteiger partial charge in [-0.3, -0.25) is 20.4 Å². The van der Waals surface area contributed by atoms with E-state index in [-0.39, 0.29) is 6.61 Å². The van der Waals surface area contributed by atoms with Crippen molar-refractivity contribution in [1.29, 1.82) is 0 Å². The van der Waals surface area contributed by atoms with Gasteiger partial charge >= 0.3 is 0 Å². The smallest absolute Gasteiger partial charge is 0.283 e. The van der Waals surface area contributed by atoms with Crippen LogP contribution in [0.1, 0.15) is 13.8 Å². The lowest BCUT2D eigenvalue weighted by Gasteiger charge is -2.27.